The first-order valence-electron chi connectivity index (χ1n) is 5.57. The van der Waals surface area contributed by atoms with Gasteiger partial charge in [0, 0.05) is 0 Å². The third-order valence-electron chi connectivity index (χ3n) is 2.34. The van der Waals surface area contributed by atoms with E-state index in [0.717, 1.165) is 16.9 Å². The summed E-state index contributed by atoms with van der Waals surface area (Å²) in [5.74, 6) is 0.875. The zero-order valence-electron chi connectivity index (χ0n) is 10.4. The quantitative estimate of drug-likeness (QED) is 0.676. The Morgan fingerprint density at radius 1 is 1.18 bits per heavy atom. The van der Waals surface area contributed by atoms with Gasteiger partial charge in [-0.25, -0.2) is 0 Å². The molecule has 0 spiro atoms. The molecular formula is C16H18O. The van der Waals surface area contributed by atoms with Crippen LogP contribution in [0.4, 0.5) is 0 Å². The molecule has 1 aromatic rings. The van der Waals surface area contributed by atoms with Gasteiger partial charge in [-0.15, -0.1) is 0 Å². The van der Waals surface area contributed by atoms with Gasteiger partial charge in [-0.1, -0.05) is 55.2 Å². The first-order chi connectivity index (χ1) is 8.30. The fourth-order valence-electron chi connectivity index (χ4n) is 1.33. The van der Waals surface area contributed by atoms with Crippen molar-refractivity contribution in [2.75, 3.05) is 7.11 Å². The summed E-state index contributed by atoms with van der Waals surface area (Å²) in [7, 11) is 1.67. The lowest BCUT2D eigenvalue weighted by Crippen LogP contribution is -1.81. The predicted octanol–water partition coefficient (Wildman–Crippen LogP) is 4.40. The Bertz CT molecular complexity index is 433. The van der Waals surface area contributed by atoms with Gasteiger partial charge in [-0.2, -0.15) is 0 Å². The lowest BCUT2D eigenvalue weighted by molar-refractivity contribution is 0.415. The highest BCUT2D eigenvalue weighted by Gasteiger charge is 1.90. The van der Waals surface area contributed by atoms with Crippen molar-refractivity contribution < 1.29 is 4.74 Å². The number of benzene rings is 1. The van der Waals surface area contributed by atoms with Gasteiger partial charge < -0.3 is 4.74 Å². The summed E-state index contributed by atoms with van der Waals surface area (Å²) in [5, 5.41) is 0. The molecule has 0 saturated heterocycles. The van der Waals surface area contributed by atoms with Crippen molar-refractivity contribution in [2.24, 2.45) is 0 Å². The molecule has 0 aliphatic carbocycles. The third-order valence-corrected chi connectivity index (χ3v) is 2.34. The van der Waals surface area contributed by atoms with Gasteiger partial charge in [0.2, 0.25) is 0 Å². The topological polar surface area (TPSA) is 9.23 Å². The molecule has 0 aliphatic rings. The highest BCUT2D eigenvalue weighted by molar-refractivity contribution is 5.55. The molecule has 1 nitrogen and oxygen atoms in total. The van der Waals surface area contributed by atoms with Crippen LogP contribution in [0.5, 0.6) is 5.75 Å². The zero-order valence-corrected chi connectivity index (χ0v) is 10.4. The van der Waals surface area contributed by atoms with Crippen LogP contribution in [-0.4, -0.2) is 7.11 Å². The minimum Gasteiger partial charge on any atom is -0.497 e. The third kappa shape index (κ3) is 4.56. The molecule has 0 aliphatic heterocycles. The van der Waals surface area contributed by atoms with Crippen molar-refractivity contribution in [1.82, 2.24) is 0 Å². The predicted molar refractivity (Wildman–Crippen MR) is 75.1 cm³/mol. The molecule has 0 atom stereocenters. The molecule has 0 radical (unpaired) electrons. The number of allylic oxidation sites excluding steroid dienone is 6. The van der Waals surface area contributed by atoms with E-state index < -0.39 is 0 Å². The van der Waals surface area contributed by atoms with Gasteiger partial charge >= 0.3 is 0 Å². The molecule has 0 amide bonds. The summed E-state index contributed by atoms with van der Waals surface area (Å²) in [6.45, 7) is 5.67. The molecule has 1 rings (SSSR count). The summed E-state index contributed by atoms with van der Waals surface area (Å²) >= 11 is 0. The van der Waals surface area contributed by atoms with Crippen LogP contribution < -0.4 is 4.74 Å². The Morgan fingerprint density at radius 3 is 2.41 bits per heavy atom. The van der Waals surface area contributed by atoms with Gasteiger partial charge in [-0.3, -0.25) is 0 Å². The maximum Gasteiger partial charge on any atom is 0.118 e. The Morgan fingerprint density at radius 2 is 1.88 bits per heavy atom. The zero-order chi connectivity index (χ0) is 12.5. The van der Waals surface area contributed by atoms with Crippen LogP contribution >= 0.6 is 0 Å². The van der Waals surface area contributed by atoms with E-state index in [2.05, 4.69) is 24.8 Å². The number of hydrogen-bond acceptors (Lipinski definition) is 1. The summed E-state index contributed by atoms with van der Waals surface area (Å²) in [6.07, 6.45) is 11.9. The Balaban J connectivity index is 2.74. The Hall–Kier alpha value is -2.02. The molecule has 0 N–H and O–H groups in total. The Labute approximate surface area is 103 Å². The fraction of sp³-hybridized carbons (Fsp3) is 0.125. The highest BCUT2D eigenvalue weighted by Crippen LogP contribution is 2.13. The van der Waals surface area contributed by atoms with Crippen molar-refractivity contribution in [1.29, 1.82) is 0 Å². The standard InChI is InChI=1S/C16H18O/c1-4-6-7-14(5-2)8-9-15-10-12-16(17-3)13-11-15/h4-13H,1H2,2-3H3/b7-6-,9-8+,14-5+. The minimum absolute atomic E-state index is 0.875. The van der Waals surface area contributed by atoms with E-state index in [1.165, 1.54) is 0 Å². The number of hydrogen-bond donors (Lipinski definition) is 0. The molecule has 0 unspecified atom stereocenters. The lowest BCUT2D eigenvalue weighted by Gasteiger charge is -1.99. The molecule has 0 fully saturated rings. The molecule has 1 heteroatoms. The smallest absolute Gasteiger partial charge is 0.118 e. The van der Waals surface area contributed by atoms with Crippen molar-refractivity contribution >= 4 is 6.08 Å². The second-order valence-corrected chi connectivity index (χ2v) is 3.49. The Kier molecular flexibility index (Phi) is 5.59. The summed E-state index contributed by atoms with van der Waals surface area (Å²) in [6, 6.07) is 7.96. The molecule has 0 heterocycles. The number of methoxy groups -OCH3 is 1. The van der Waals surface area contributed by atoms with E-state index >= 15 is 0 Å². The summed E-state index contributed by atoms with van der Waals surface area (Å²) in [4.78, 5) is 0. The van der Waals surface area contributed by atoms with Crippen LogP contribution in [0.2, 0.25) is 0 Å². The lowest BCUT2D eigenvalue weighted by atomic mass is 10.1. The van der Waals surface area contributed by atoms with E-state index in [1.54, 1.807) is 13.2 Å². The van der Waals surface area contributed by atoms with Crippen LogP contribution in [0.3, 0.4) is 0 Å². The average molecular weight is 226 g/mol. The molecule has 88 valence electrons. The molecule has 17 heavy (non-hydrogen) atoms. The number of rotatable bonds is 5. The second-order valence-electron chi connectivity index (χ2n) is 3.49. The van der Waals surface area contributed by atoms with Crippen LogP contribution in [0.1, 0.15) is 12.5 Å². The monoisotopic (exact) mass is 226 g/mol. The van der Waals surface area contributed by atoms with Gasteiger partial charge in [0.05, 0.1) is 7.11 Å². The van der Waals surface area contributed by atoms with Crippen LogP contribution in [0.25, 0.3) is 6.08 Å². The van der Waals surface area contributed by atoms with E-state index in [1.807, 2.05) is 43.3 Å². The van der Waals surface area contributed by atoms with Crippen molar-refractivity contribution in [3.63, 3.8) is 0 Å². The normalized spacial score (nSPS) is 12.2. The van der Waals surface area contributed by atoms with Gasteiger partial charge in [0.15, 0.2) is 0 Å². The first kappa shape index (κ1) is 13.0. The molecular weight excluding hydrogens is 208 g/mol. The molecule has 0 saturated carbocycles. The van der Waals surface area contributed by atoms with Crippen molar-refractivity contribution in [3.8, 4) is 5.75 Å². The maximum absolute atomic E-state index is 5.11. The molecule has 0 bridgehead atoms. The van der Waals surface area contributed by atoms with E-state index in [0.29, 0.717) is 0 Å². The largest absolute Gasteiger partial charge is 0.497 e. The molecule has 1 aromatic carbocycles. The minimum atomic E-state index is 0.875. The van der Waals surface area contributed by atoms with Crippen LogP contribution in [-0.2, 0) is 0 Å². The van der Waals surface area contributed by atoms with Gasteiger partial charge in [0.1, 0.15) is 5.75 Å². The summed E-state index contributed by atoms with van der Waals surface area (Å²) < 4.78 is 5.11. The maximum atomic E-state index is 5.11. The first-order valence-corrected chi connectivity index (χ1v) is 5.57. The fourth-order valence-corrected chi connectivity index (χ4v) is 1.33. The van der Waals surface area contributed by atoms with Crippen LogP contribution in [0.15, 0.2) is 66.8 Å². The highest BCUT2D eigenvalue weighted by atomic mass is 16.5. The van der Waals surface area contributed by atoms with Crippen molar-refractivity contribution in [2.45, 2.75) is 6.92 Å². The van der Waals surface area contributed by atoms with Gasteiger partial charge in [-0.05, 0) is 30.2 Å². The summed E-state index contributed by atoms with van der Waals surface area (Å²) in [5.41, 5.74) is 2.30. The van der Waals surface area contributed by atoms with Crippen LogP contribution in [0, 0.1) is 0 Å². The average Bonchev–Trinajstić information content (AvgIpc) is 2.39. The van der Waals surface area contributed by atoms with Gasteiger partial charge in [0.25, 0.3) is 0 Å². The van der Waals surface area contributed by atoms with E-state index in [-0.39, 0.29) is 0 Å². The van der Waals surface area contributed by atoms with E-state index in [9.17, 15) is 0 Å². The second kappa shape index (κ2) is 7.29. The SMILES string of the molecule is C=C\C=C/C(/C=C/c1ccc(OC)cc1)=C\C. The van der Waals surface area contributed by atoms with E-state index in [4.69, 9.17) is 4.74 Å². The number of ether oxygens (including phenoxy) is 1. The molecule has 0 aromatic heterocycles. The van der Waals surface area contributed by atoms with Crippen molar-refractivity contribution in [3.05, 3.63) is 72.4 Å².